The van der Waals surface area contributed by atoms with Crippen molar-refractivity contribution >= 4 is 21.7 Å². The number of anilines is 1. The van der Waals surface area contributed by atoms with E-state index in [1.807, 2.05) is 6.92 Å². The second-order valence-corrected chi connectivity index (χ2v) is 8.31. The molecule has 138 valence electrons. The summed E-state index contributed by atoms with van der Waals surface area (Å²) in [6.07, 6.45) is 0. The topological polar surface area (TPSA) is 92.5 Å². The van der Waals surface area contributed by atoms with Crippen LogP contribution in [0, 0.1) is 6.92 Å². The first-order valence-corrected chi connectivity index (χ1v) is 9.72. The zero-order valence-electron chi connectivity index (χ0n) is 14.7. The summed E-state index contributed by atoms with van der Waals surface area (Å²) in [5, 5.41) is 13.6. The maximum atomic E-state index is 13.3. The van der Waals surface area contributed by atoms with Gasteiger partial charge in [0.05, 0.1) is 22.8 Å². The van der Waals surface area contributed by atoms with Crippen LogP contribution >= 0.6 is 0 Å². The molecule has 0 spiro atoms. The number of rotatable bonds is 3. The van der Waals surface area contributed by atoms with E-state index in [-0.39, 0.29) is 17.1 Å². The van der Waals surface area contributed by atoms with E-state index in [2.05, 4.69) is 5.10 Å². The van der Waals surface area contributed by atoms with Crippen molar-refractivity contribution in [3.8, 4) is 11.3 Å². The van der Waals surface area contributed by atoms with Gasteiger partial charge in [-0.3, -0.25) is 8.99 Å². The van der Waals surface area contributed by atoms with Crippen LogP contribution in [0.15, 0.2) is 53.4 Å². The summed E-state index contributed by atoms with van der Waals surface area (Å²) in [4.78, 5) is 11.8. The quantitative estimate of drug-likeness (QED) is 0.751. The number of para-hydroxylation sites is 1. The summed E-state index contributed by atoms with van der Waals surface area (Å²) in [5.41, 5.74) is 2.97. The first kappa shape index (κ1) is 17.3. The molecule has 4 rings (SSSR count). The van der Waals surface area contributed by atoms with E-state index in [4.69, 9.17) is 0 Å². The molecule has 0 bridgehead atoms. The summed E-state index contributed by atoms with van der Waals surface area (Å²) in [6.45, 7) is 1.80. The maximum absolute atomic E-state index is 13.3. The minimum absolute atomic E-state index is 0.0853. The number of sulfonamides is 1. The van der Waals surface area contributed by atoms with Crippen molar-refractivity contribution in [1.29, 1.82) is 0 Å². The van der Waals surface area contributed by atoms with Gasteiger partial charge in [0.1, 0.15) is 0 Å². The number of fused-ring (bicyclic) bond motifs is 3. The van der Waals surface area contributed by atoms with E-state index < -0.39 is 16.0 Å². The van der Waals surface area contributed by atoms with Gasteiger partial charge in [0.15, 0.2) is 5.69 Å². The molecule has 27 heavy (non-hydrogen) atoms. The van der Waals surface area contributed by atoms with Crippen LogP contribution in [0.1, 0.15) is 21.6 Å². The average molecular weight is 383 g/mol. The molecule has 1 aliphatic rings. The third-order valence-electron chi connectivity index (χ3n) is 4.69. The van der Waals surface area contributed by atoms with Crippen LogP contribution < -0.4 is 4.31 Å². The number of aromatic nitrogens is 2. The van der Waals surface area contributed by atoms with Gasteiger partial charge in [-0.15, -0.1) is 0 Å². The van der Waals surface area contributed by atoms with Gasteiger partial charge in [0.2, 0.25) is 0 Å². The molecule has 1 N–H and O–H groups in total. The van der Waals surface area contributed by atoms with Crippen LogP contribution in [0.4, 0.5) is 5.69 Å². The number of benzene rings is 2. The molecule has 2 aromatic carbocycles. The molecule has 0 amide bonds. The fourth-order valence-electron chi connectivity index (χ4n) is 3.40. The van der Waals surface area contributed by atoms with Crippen molar-refractivity contribution in [2.45, 2.75) is 18.4 Å². The van der Waals surface area contributed by atoms with E-state index in [1.54, 1.807) is 55.6 Å². The Morgan fingerprint density at radius 2 is 1.78 bits per heavy atom. The van der Waals surface area contributed by atoms with Gasteiger partial charge in [-0.05, 0) is 25.1 Å². The van der Waals surface area contributed by atoms with Gasteiger partial charge in [-0.2, -0.15) is 5.10 Å². The van der Waals surface area contributed by atoms with Crippen molar-refractivity contribution in [2.75, 3.05) is 4.31 Å². The van der Waals surface area contributed by atoms with Gasteiger partial charge in [-0.1, -0.05) is 35.9 Å². The highest BCUT2D eigenvalue weighted by atomic mass is 32.2. The third-order valence-corrected chi connectivity index (χ3v) is 6.46. The molecule has 0 aliphatic carbocycles. The van der Waals surface area contributed by atoms with Crippen LogP contribution in [0.3, 0.4) is 0 Å². The number of aryl methyl sites for hydroxylation is 2. The predicted octanol–water partition coefficient (Wildman–Crippen LogP) is 2.80. The van der Waals surface area contributed by atoms with Gasteiger partial charge in [-0.25, -0.2) is 13.2 Å². The Hall–Kier alpha value is -3.13. The summed E-state index contributed by atoms with van der Waals surface area (Å²) >= 11 is 0. The molecular formula is C19H17N3O4S. The first-order chi connectivity index (χ1) is 12.8. The number of carboxylic acids is 1. The summed E-state index contributed by atoms with van der Waals surface area (Å²) in [6, 6.07) is 13.6. The number of aromatic carboxylic acids is 1. The Balaban J connectivity index is 1.94. The van der Waals surface area contributed by atoms with Crippen LogP contribution in [0.5, 0.6) is 0 Å². The zero-order chi connectivity index (χ0) is 19.3. The van der Waals surface area contributed by atoms with E-state index in [0.717, 1.165) is 5.56 Å². The SMILES string of the molecule is Cc1ccc(S(=O)(=O)N2Cc3c(C(=O)O)nn(C)c3-c3ccccc32)cc1. The molecule has 1 aromatic heterocycles. The number of hydrogen-bond donors (Lipinski definition) is 1. The molecular weight excluding hydrogens is 366 g/mol. The van der Waals surface area contributed by atoms with Crippen molar-refractivity contribution in [2.24, 2.45) is 7.05 Å². The van der Waals surface area contributed by atoms with E-state index in [0.29, 0.717) is 22.5 Å². The molecule has 0 atom stereocenters. The van der Waals surface area contributed by atoms with Crippen LogP contribution in [0.25, 0.3) is 11.3 Å². The predicted molar refractivity (Wildman–Crippen MR) is 100 cm³/mol. The number of carbonyl (C=O) groups is 1. The Labute approximate surface area is 156 Å². The molecule has 8 heteroatoms. The highest BCUT2D eigenvalue weighted by Gasteiger charge is 2.36. The second-order valence-electron chi connectivity index (χ2n) is 6.45. The van der Waals surface area contributed by atoms with Crippen molar-refractivity contribution in [1.82, 2.24) is 9.78 Å². The lowest BCUT2D eigenvalue weighted by atomic mass is 10.00. The van der Waals surface area contributed by atoms with Gasteiger partial charge >= 0.3 is 5.97 Å². The minimum atomic E-state index is -3.86. The highest BCUT2D eigenvalue weighted by Crippen LogP contribution is 2.42. The number of hydrogen-bond acceptors (Lipinski definition) is 4. The molecule has 0 unspecified atom stereocenters. The Morgan fingerprint density at radius 3 is 2.44 bits per heavy atom. The van der Waals surface area contributed by atoms with Gasteiger partial charge in [0, 0.05) is 18.2 Å². The minimum Gasteiger partial charge on any atom is -0.476 e. The monoisotopic (exact) mass is 383 g/mol. The number of carboxylic acid groups (broad SMARTS) is 1. The molecule has 0 saturated heterocycles. The first-order valence-electron chi connectivity index (χ1n) is 8.28. The smallest absolute Gasteiger partial charge is 0.356 e. The van der Waals surface area contributed by atoms with Crippen LogP contribution in [-0.2, 0) is 23.6 Å². The maximum Gasteiger partial charge on any atom is 0.356 e. The average Bonchev–Trinajstić information content (AvgIpc) is 2.98. The summed E-state index contributed by atoms with van der Waals surface area (Å²) in [5.74, 6) is -1.18. The van der Waals surface area contributed by atoms with Gasteiger partial charge < -0.3 is 5.11 Å². The summed E-state index contributed by atoms with van der Waals surface area (Å²) < 4.78 is 29.4. The van der Waals surface area contributed by atoms with E-state index in [1.165, 1.54) is 8.99 Å². The van der Waals surface area contributed by atoms with Gasteiger partial charge in [0.25, 0.3) is 10.0 Å². The van der Waals surface area contributed by atoms with Crippen molar-refractivity contribution < 1.29 is 18.3 Å². The lowest BCUT2D eigenvalue weighted by molar-refractivity contribution is 0.0688. The van der Waals surface area contributed by atoms with E-state index in [9.17, 15) is 18.3 Å². The lowest BCUT2D eigenvalue weighted by Gasteiger charge is -2.30. The number of nitrogens with zero attached hydrogens (tertiary/aromatic N) is 3. The standard InChI is InChI=1S/C19H17N3O4S/c1-12-7-9-13(10-8-12)27(25,26)22-11-15-17(19(23)24)20-21(2)18(15)14-5-3-4-6-16(14)22/h3-10H,11H2,1-2H3,(H,23,24). The van der Waals surface area contributed by atoms with Crippen molar-refractivity contribution in [3.63, 3.8) is 0 Å². The molecule has 0 fully saturated rings. The van der Waals surface area contributed by atoms with Crippen LogP contribution in [-0.4, -0.2) is 29.3 Å². The Kier molecular flexibility index (Phi) is 3.81. The third kappa shape index (κ3) is 2.60. The Morgan fingerprint density at radius 1 is 1.11 bits per heavy atom. The highest BCUT2D eigenvalue weighted by molar-refractivity contribution is 7.92. The summed E-state index contributed by atoms with van der Waals surface area (Å²) in [7, 11) is -2.21. The zero-order valence-corrected chi connectivity index (χ0v) is 15.6. The molecule has 0 radical (unpaired) electrons. The lowest BCUT2D eigenvalue weighted by Crippen LogP contribution is -2.33. The van der Waals surface area contributed by atoms with Crippen LogP contribution in [0.2, 0.25) is 0 Å². The fraction of sp³-hybridized carbons (Fsp3) is 0.158. The van der Waals surface area contributed by atoms with E-state index >= 15 is 0 Å². The molecule has 3 aromatic rings. The fourth-order valence-corrected chi connectivity index (χ4v) is 4.85. The Bertz CT molecular complexity index is 1160. The molecule has 1 aliphatic heterocycles. The second kappa shape index (κ2) is 5.95. The molecule has 0 saturated carbocycles. The van der Waals surface area contributed by atoms with Crippen molar-refractivity contribution in [3.05, 3.63) is 65.4 Å². The largest absolute Gasteiger partial charge is 0.476 e. The molecule has 2 heterocycles. The molecule has 7 nitrogen and oxygen atoms in total. The normalized spacial score (nSPS) is 13.2.